The van der Waals surface area contributed by atoms with E-state index in [1.165, 1.54) is 6.92 Å². The average molecular weight is 710 g/mol. The summed E-state index contributed by atoms with van der Waals surface area (Å²) in [6.45, 7) is 13.0. The summed E-state index contributed by atoms with van der Waals surface area (Å²) in [5.41, 5.74) is 6.85. The summed E-state index contributed by atoms with van der Waals surface area (Å²) >= 11 is 0. The average Bonchev–Trinajstić information content (AvgIpc) is 3.07. The lowest BCUT2D eigenvalue weighted by Crippen LogP contribution is -2.57. The highest BCUT2D eigenvalue weighted by Crippen LogP contribution is 2.17. The molecule has 15 heteroatoms. The van der Waals surface area contributed by atoms with Gasteiger partial charge in [-0.25, -0.2) is 0 Å². The van der Waals surface area contributed by atoms with E-state index >= 15 is 0 Å². The molecule has 4 atom stereocenters. The minimum Gasteiger partial charge on any atom is -0.481 e. The van der Waals surface area contributed by atoms with Crippen LogP contribution in [0.1, 0.15) is 52.0 Å². The van der Waals surface area contributed by atoms with Gasteiger partial charge in [0.15, 0.2) is 0 Å². The van der Waals surface area contributed by atoms with Gasteiger partial charge in [0.05, 0.1) is 25.4 Å². The van der Waals surface area contributed by atoms with Crippen LogP contribution in [0.15, 0.2) is 67.0 Å². The summed E-state index contributed by atoms with van der Waals surface area (Å²) in [5.74, 6) is -4.50. The maximum absolute atomic E-state index is 13.7. The minimum atomic E-state index is -1.44. The zero-order valence-corrected chi connectivity index (χ0v) is 29.4. The molecule has 2 rings (SSSR count). The molecule has 0 unspecified atom stereocenters. The second-order valence-corrected chi connectivity index (χ2v) is 12.6. The van der Waals surface area contributed by atoms with Gasteiger partial charge in [-0.15, -0.1) is 0 Å². The van der Waals surface area contributed by atoms with E-state index in [0.29, 0.717) is 18.7 Å². The molecule has 0 aromatic heterocycles. The van der Waals surface area contributed by atoms with Gasteiger partial charge in [-0.2, -0.15) is 0 Å². The number of nitrogens with two attached hydrogens (primary N) is 1. The molecule has 0 saturated heterocycles. The lowest BCUT2D eigenvalue weighted by Gasteiger charge is -2.28. The van der Waals surface area contributed by atoms with Crippen LogP contribution in [0.3, 0.4) is 0 Å². The lowest BCUT2D eigenvalue weighted by atomic mass is 10.00. The number of carboxylic acid groups (broad SMARTS) is 1. The molecular formula is C36H51N7O8. The van der Waals surface area contributed by atoms with Gasteiger partial charge in [0, 0.05) is 31.0 Å². The first-order chi connectivity index (χ1) is 24.1. The predicted molar refractivity (Wildman–Crippen MR) is 193 cm³/mol. The SMILES string of the molecule is C=C(CCC(=O)O)N[C@@H](Cc1ccc2ccccc2c1)C(=O)N[C@@H](CC(N)=O)C(=O)N[C@@H](C)C(=O)N[C@H](C(=C)NCC(=O)NCCCO)C(C)C. The molecule has 0 aliphatic carbocycles. The van der Waals surface area contributed by atoms with Gasteiger partial charge in [0.2, 0.25) is 29.5 Å². The number of rotatable bonds is 23. The van der Waals surface area contributed by atoms with Crippen LogP contribution in [0.4, 0.5) is 0 Å². The zero-order valence-electron chi connectivity index (χ0n) is 29.4. The van der Waals surface area contributed by atoms with Crippen molar-refractivity contribution >= 4 is 46.3 Å². The fourth-order valence-electron chi connectivity index (χ4n) is 5.06. The van der Waals surface area contributed by atoms with Gasteiger partial charge >= 0.3 is 5.97 Å². The van der Waals surface area contributed by atoms with Gasteiger partial charge in [-0.1, -0.05) is 69.5 Å². The molecule has 0 heterocycles. The molecule has 2 aromatic rings. The van der Waals surface area contributed by atoms with E-state index in [-0.39, 0.29) is 49.9 Å². The number of carboxylic acids is 1. The summed E-state index contributed by atoms with van der Waals surface area (Å²) < 4.78 is 0. The van der Waals surface area contributed by atoms with E-state index in [1.54, 1.807) is 0 Å². The summed E-state index contributed by atoms with van der Waals surface area (Å²) in [7, 11) is 0. The molecule has 0 aliphatic rings. The first-order valence-corrected chi connectivity index (χ1v) is 16.7. The number of hydrogen-bond donors (Lipinski definition) is 9. The molecule has 2 aromatic carbocycles. The van der Waals surface area contributed by atoms with Crippen molar-refractivity contribution in [1.29, 1.82) is 0 Å². The molecule has 51 heavy (non-hydrogen) atoms. The Morgan fingerprint density at radius 1 is 0.804 bits per heavy atom. The highest BCUT2D eigenvalue weighted by molar-refractivity contribution is 5.95. The number of carbonyl (C=O) groups is 6. The number of amides is 5. The Balaban J connectivity index is 2.15. The molecule has 278 valence electrons. The summed E-state index contributed by atoms with van der Waals surface area (Å²) in [6, 6.07) is 9.12. The van der Waals surface area contributed by atoms with Gasteiger partial charge in [0.1, 0.15) is 18.1 Å². The molecule has 10 N–H and O–H groups in total. The Morgan fingerprint density at radius 3 is 2.10 bits per heavy atom. The van der Waals surface area contributed by atoms with Crippen LogP contribution in [-0.2, 0) is 35.2 Å². The van der Waals surface area contributed by atoms with E-state index in [2.05, 4.69) is 45.1 Å². The van der Waals surface area contributed by atoms with E-state index in [0.717, 1.165) is 16.3 Å². The van der Waals surface area contributed by atoms with Crippen molar-refractivity contribution in [3.05, 3.63) is 72.6 Å². The molecule has 0 bridgehead atoms. The molecule has 0 radical (unpaired) electrons. The summed E-state index contributed by atoms with van der Waals surface area (Å²) in [4.78, 5) is 75.4. The van der Waals surface area contributed by atoms with Crippen molar-refractivity contribution in [2.45, 2.75) is 77.0 Å². The third-order valence-corrected chi connectivity index (χ3v) is 7.85. The topological polar surface area (TPSA) is 241 Å². The predicted octanol–water partition coefficient (Wildman–Crippen LogP) is 0.327. The number of fused-ring (bicyclic) bond motifs is 1. The van der Waals surface area contributed by atoms with Crippen LogP contribution < -0.4 is 37.6 Å². The third kappa shape index (κ3) is 14.9. The van der Waals surface area contributed by atoms with Crippen LogP contribution in [0.2, 0.25) is 0 Å². The fraction of sp³-hybridized carbons (Fsp3) is 0.444. The summed E-state index contributed by atoms with van der Waals surface area (Å²) in [5, 5.41) is 36.3. The number of carbonyl (C=O) groups excluding carboxylic acids is 5. The van der Waals surface area contributed by atoms with E-state index in [1.807, 2.05) is 56.3 Å². The highest BCUT2D eigenvalue weighted by Gasteiger charge is 2.30. The minimum absolute atomic E-state index is 0.0474. The zero-order chi connectivity index (χ0) is 38.1. The maximum atomic E-state index is 13.7. The van der Waals surface area contributed by atoms with Crippen LogP contribution in [-0.4, -0.2) is 89.6 Å². The normalized spacial score (nSPS) is 13.2. The first kappa shape index (κ1) is 41.7. The van der Waals surface area contributed by atoms with Crippen LogP contribution >= 0.6 is 0 Å². The smallest absolute Gasteiger partial charge is 0.303 e. The number of aliphatic carboxylic acids is 1. The maximum Gasteiger partial charge on any atom is 0.303 e. The van der Waals surface area contributed by atoms with Crippen molar-refractivity contribution in [3.8, 4) is 0 Å². The number of nitrogens with one attached hydrogen (secondary N) is 6. The Hall–Kier alpha value is -5.44. The second-order valence-electron chi connectivity index (χ2n) is 12.6. The van der Waals surface area contributed by atoms with Gasteiger partial charge in [-0.05, 0) is 42.0 Å². The Bertz CT molecular complexity index is 1580. The van der Waals surface area contributed by atoms with Gasteiger partial charge < -0.3 is 47.8 Å². The van der Waals surface area contributed by atoms with Gasteiger partial charge in [0.25, 0.3) is 0 Å². The molecule has 0 spiro atoms. The summed E-state index contributed by atoms with van der Waals surface area (Å²) in [6.07, 6.45) is -0.190. The Kier molecular flexibility index (Phi) is 17.1. The molecule has 0 aliphatic heterocycles. The quantitative estimate of drug-likeness (QED) is 0.0716. The van der Waals surface area contributed by atoms with Crippen LogP contribution in [0.5, 0.6) is 0 Å². The largest absolute Gasteiger partial charge is 0.481 e. The van der Waals surface area contributed by atoms with Crippen LogP contribution in [0, 0.1) is 5.92 Å². The Labute approximate surface area is 297 Å². The van der Waals surface area contributed by atoms with E-state index in [4.69, 9.17) is 15.9 Å². The molecule has 0 fully saturated rings. The number of allylic oxidation sites excluding steroid dienone is 1. The molecular weight excluding hydrogens is 658 g/mol. The number of hydrogen-bond acceptors (Lipinski definition) is 9. The number of benzene rings is 2. The van der Waals surface area contributed by atoms with Crippen LogP contribution in [0.25, 0.3) is 10.8 Å². The second kappa shape index (κ2) is 20.9. The fourth-order valence-corrected chi connectivity index (χ4v) is 5.06. The van der Waals surface area contributed by atoms with E-state index < -0.39 is 60.2 Å². The Morgan fingerprint density at radius 2 is 1.47 bits per heavy atom. The van der Waals surface area contributed by atoms with Gasteiger partial charge in [-0.3, -0.25) is 28.8 Å². The van der Waals surface area contributed by atoms with Crippen molar-refractivity contribution in [1.82, 2.24) is 31.9 Å². The van der Waals surface area contributed by atoms with Crippen molar-refractivity contribution < 1.29 is 39.0 Å². The molecule has 5 amide bonds. The number of aliphatic hydroxyl groups is 1. The number of aliphatic hydroxyl groups excluding tert-OH is 1. The standard InChI is InChI=1S/C36H51N7O8/c1-21(2)33(23(4)39-20-31(46)38-15-8-16-44)43-34(49)24(5)41-35(50)29(19-30(37)45)42-36(51)28(40-22(3)11-14-32(47)48)18-25-12-13-26-9-6-7-10-27(26)17-25/h6-7,9-10,12-13,17,21,24,28-29,33,39-40,44H,3-4,8,11,14-16,18-20H2,1-2,5H3,(H2,37,45)(H,38,46)(H,41,50)(H,42,51)(H,43,49)(H,47,48)/t24-,28-,29-,33-/m0/s1. The van der Waals surface area contributed by atoms with Crippen molar-refractivity contribution in [3.63, 3.8) is 0 Å². The molecule has 15 nitrogen and oxygen atoms in total. The lowest BCUT2D eigenvalue weighted by molar-refractivity contribution is -0.137. The van der Waals surface area contributed by atoms with E-state index in [9.17, 15) is 28.8 Å². The number of primary amides is 1. The first-order valence-electron chi connectivity index (χ1n) is 16.7. The van der Waals surface area contributed by atoms with Crippen molar-refractivity contribution in [2.75, 3.05) is 19.7 Å². The monoisotopic (exact) mass is 709 g/mol. The highest BCUT2D eigenvalue weighted by atomic mass is 16.4. The van der Waals surface area contributed by atoms with Crippen molar-refractivity contribution in [2.24, 2.45) is 11.7 Å². The molecule has 0 saturated carbocycles. The third-order valence-electron chi connectivity index (χ3n) is 7.85.